The van der Waals surface area contributed by atoms with E-state index in [0.717, 1.165) is 43.4 Å². The van der Waals surface area contributed by atoms with Crippen LogP contribution in [-0.4, -0.2) is 39.0 Å². The van der Waals surface area contributed by atoms with E-state index in [1.54, 1.807) is 24.8 Å². The van der Waals surface area contributed by atoms with E-state index < -0.39 is 0 Å². The first kappa shape index (κ1) is 13.6. The summed E-state index contributed by atoms with van der Waals surface area (Å²) in [4.78, 5) is 15.1. The third kappa shape index (κ3) is 2.81. The maximum atomic E-state index is 6.17. The summed E-state index contributed by atoms with van der Waals surface area (Å²) in [6.45, 7) is 3.13. The smallest absolute Gasteiger partial charge is 0.138 e. The molecule has 4 rings (SSSR count). The highest BCUT2D eigenvalue weighted by Gasteiger charge is 2.43. The molecule has 5 nitrogen and oxygen atoms in total. The van der Waals surface area contributed by atoms with Gasteiger partial charge in [-0.15, -0.1) is 0 Å². The van der Waals surface area contributed by atoms with Gasteiger partial charge in [-0.05, 0) is 30.9 Å². The first-order valence-electron chi connectivity index (χ1n) is 7.92. The molecular weight excluding hydrogens is 276 g/mol. The molecule has 0 bridgehead atoms. The summed E-state index contributed by atoms with van der Waals surface area (Å²) in [6, 6.07) is 3.92. The van der Waals surface area contributed by atoms with Crippen molar-refractivity contribution in [2.75, 3.05) is 13.1 Å². The van der Waals surface area contributed by atoms with Crippen LogP contribution in [0.4, 0.5) is 0 Å². The van der Waals surface area contributed by atoms with Crippen molar-refractivity contribution in [3.05, 3.63) is 48.8 Å². The Balaban J connectivity index is 1.39. The van der Waals surface area contributed by atoms with Gasteiger partial charge >= 0.3 is 0 Å². The molecule has 114 valence electrons. The fourth-order valence-electron chi connectivity index (χ4n) is 3.82. The summed E-state index contributed by atoms with van der Waals surface area (Å²) in [7, 11) is 0. The number of likely N-dealkylation sites (tertiary alicyclic amines) is 1. The highest BCUT2D eigenvalue weighted by atomic mass is 16.5. The Kier molecular flexibility index (Phi) is 3.72. The highest BCUT2D eigenvalue weighted by molar-refractivity contribution is 5.16. The molecule has 3 atom stereocenters. The van der Waals surface area contributed by atoms with Crippen molar-refractivity contribution in [3.8, 4) is 5.75 Å². The predicted molar refractivity (Wildman–Crippen MR) is 82.2 cm³/mol. The molecule has 1 aliphatic heterocycles. The van der Waals surface area contributed by atoms with Crippen molar-refractivity contribution >= 4 is 0 Å². The van der Waals surface area contributed by atoms with Gasteiger partial charge in [-0.3, -0.25) is 19.9 Å². The minimum atomic E-state index is 0.320. The molecule has 0 unspecified atom stereocenters. The molecule has 2 aromatic rings. The minimum absolute atomic E-state index is 0.320. The molecule has 3 heterocycles. The lowest BCUT2D eigenvalue weighted by Crippen LogP contribution is -2.28. The summed E-state index contributed by atoms with van der Waals surface area (Å²) in [6.07, 6.45) is 11.7. The van der Waals surface area contributed by atoms with E-state index in [0.29, 0.717) is 12.0 Å². The standard InChI is InChI=1S/C17H20N4O/c1-2-15(9-18-5-1)22-17-4-3-13-10-21(12-16(13)17)11-14-8-19-6-7-20-14/h1-2,5-9,13,16-17H,3-4,10-12H2/t13-,16+,17-/m1/s1. The molecule has 0 spiro atoms. The van der Waals surface area contributed by atoms with E-state index in [-0.39, 0.29) is 0 Å². The first-order valence-corrected chi connectivity index (χ1v) is 7.92. The van der Waals surface area contributed by atoms with E-state index in [1.165, 1.54) is 6.42 Å². The van der Waals surface area contributed by atoms with Crippen molar-refractivity contribution in [1.29, 1.82) is 0 Å². The van der Waals surface area contributed by atoms with Gasteiger partial charge in [-0.1, -0.05) is 0 Å². The van der Waals surface area contributed by atoms with Gasteiger partial charge in [-0.25, -0.2) is 0 Å². The molecule has 2 fully saturated rings. The number of fused-ring (bicyclic) bond motifs is 1. The Morgan fingerprint density at radius 1 is 1.09 bits per heavy atom. The number of nitrogens with zero attached hydrogens (tertiary/aromatic N) is 4. The quantitative estimate of drug-likeness (QED) is 0.865. The lowest BCUT2D eigenvalue weighted by Gasteiger charge is -2.21. The zero-order valence-electron chi connectivity index (χ0n) is 12.5. The molecule has 22 heavy (non-hydrogen) atoms. The molecule has 1 saturated carbocycles. The van der Waals surface area contributed by atoms with Crippen molar-refractivity contribution < 1.29 is 4.74 Å². The van der Waals surface area contributed by atoms with Crippen LogP contribution in [0, 0.1) is 11.8 Å². The fourth-order valence-corrected chi connectivity index (χ4v) is 3.82. The van der Waals surface area contributed by atoms with Crippen LogP contribution in [0.5, 0.6) is 5.75 Å². The van der Waals surface area contributed by atoms with E-state index in [2.05, 4.69) is 19.9 Å². The largest absolute Gasteiger partial charge is 0.488 e. The molecule has 5 heteroatoms. The Labute approximate surface area is 130 Å². The van der Waals surface area contributed by atoms with Gasteiger partial charge in [0, 0.05) is 50.3 Å². The Bertz CT molecular complexity index is 607. The van der Waals surface area contributed by atoms with Gasteiger partial charge in [0.05, 0.1) is 11.9 Å². The number of hydrogen-bond donors (Lipinski definition) is 0. The molecule has 0 aromatic carbocycles. The normalized spacial score (nSPS) is 27.7. The van der Waals surface area contributed by atoms with Crippen LogP contribution in [0.25, 0.3) is 0 Å². The second-order valence-electron chi connectivity index (χ2n) is 6.24. The maximum Gasteiger partial charge on any atom is 0.138 e. The van der Waals surface area contributed by atoms with Crippen LogP contribution in [0.3, 0.4) is 0 Å². The van der Waals surface area contributed by atoms with Crippen molar-refractivity contribution in [2.45, 2.75) is 25.5 Å². The van der Waals surface area contributed by atoms with E-state index in [4.69, 9.17) is 4.74 Å². The third-order valence-electron chi connectivity index (χ3n) is 4.79. The molecule has 0 amide bonds. The lowest BCUT2D eigenvalue weighted by atomic mass is 9.99. The van der Waals surface area contributed by atoms with Crippen LogP contribution in [0.2, 0.25) is 0 Å². The lowest BCUT2D eigenvalue weighted by molar-refractivity contribution is 0.147. The number of aromatic nitrogens is 3. The molecule has 2 aromatic heterocycles. The molecule has 0 radical (unpaired) electrons. The zero-order valence-corrected chi connectivity index (χ0v) is 12.5. The van der Waals surface area contributed by atoms with Crippen molar-refractivity contribution in [1.82, 2.24) is 19.9 Å². The van der Waals surface area contributed by atoms with Crippen LogP contribution in [0.15, 0.2) is 43.1 Å². The Hall–Kier alpha value is -2.01. The number of hydrogen-bond acceptors (Lipinski definition) is 5. The van der Waals surface area contributed by atoms with E-state index >= 15 is 0 Å². The second-order valence-corrected chi connectivity index (χ2v) is 6.24. The van der Waals surface area contributed by atoms with Gasteiger partial charge in [0.2, 0.25) is 0 Å². The third-order valence-corrected chi connectivity index (χ3v) is 4.79. The Morgan fingerprint density at radius 2 is 2.05 bits per heavy atom. The monoisotopic (exact) mass is 296 g/mol. The van der Waals surface area contributed by atoms with Gasteiger partial charge in [-0.2, -0.15) is 0 Å². The van der Waals surface area contributed by atoms with Crippen LogP contribution < -0.4 is 4.74 Å². The van der Waals surface area contributed by atoms with Gasteiger partial charge in [0.25, 0.3) is 0 Å². The zero-order chi connectivity index (χ0) is 14.8. The first-order chi connectivity index (χ1) is 10.9. The average molecular weight is 296 g/mol. The highest BCUT2D eigenvalue weighted by Crippen LogP contribution is 2.40. The van der Waals surface area contributed by atoms with Gasteiger partial charge in [0.1, 0.15) is 11.9 Å². The summed E-state index contributed by atoms with van der Waals surface area (Å²) < 4.78 is 6.17. The van der Waals surface area contributed by atoms with Crippen LogP contribution in [-0.2, 0) is 6.54 Å². The number of pyridine rings is 1. The summed E-state index contributed by atoms with van der Waals surface area (Å²) >= 11 is 0. The predicted octanol–water partition coefficient (Wildman–Crippen LogP) is 2.16. The molecule has 2 aliphatic rings. The van der Waals surface area contributed by atoms with Crippen molar-refractivity contribution in [3.63, 3.8) is 0 Å². The maximum absolute atomic E-state index is 6.17. The molecular formula is C17H20N4O. The van der Waals surface area contributed by atoms with Gasteiger partial charge < -0.3 is 4.74 Å². The van der Waals surface area contributed by atoms with Crippen molar-refractivity contribution in [2.24, 2.45) is 11.8 Å². The SMILES string of the molecule is c1cncc(O[C@@H]2CC[C@@H]3CN(Cc4cnccn4)C[C@@H]32)c1. The molecule has 1 aliphatic carbocycles. The number of ether oxygens (including phenoxy) is 1. The minimum Gasteiger partial charge on any atom is -0.488 e. The van der Waals surface area contributed by atoms with E-state index in [1.807, 2.05) is 18.3 Å². The van der Waals surface area contributed by atoms with E-state index in [9.17, 15) is 0 Å². The summed E-state index contributed by atoms with van der Waals surface area (Å²) in [5.41, 5.74) is 1.05. The van der Waals surface area contributed by atoms with Crippen LogP contribution >= 0.6 is 0 Å². The average Bonchev–Trinajstić information content (AvgIpc) is 3.11. The summed E-state index contributed by atoms with van der Waals surface area (Å²) in [5.74, 6) is 2.26. The fraction of sp³-hybridized carbons (Fsp3) is 0.471. The molecule has 0 N–H and O–H groups in total. The number of rotatable bonds is 4. The van der Waals surface area contributed by atoms with Crippen LogP contribution in [0.1, 0.15) is 18.5 Å². The topological polar surface area (TPSA) is 51.1 Å². The van der Waals surface area contributed by atoms with Gasteiger partial charge in [0.15, 0.2) is 0 Å². The Morgan fingerprint density at radius 3 is 2.86 bits per heavy atom. The molecule has 1 saturated heterocycles. The second kappa shape index (κ2) is 6.01. The summed E-state index contributed by atoms with van der Waals surface area (Å²) in [5, 5.41) is 0.